The lowest BCUT2D eigenvalue weighted by molar-refractivity contribution is 0.579. The van der Waals surface area contributed by atoms with E-state index in [-0.39, 0.29) is 5.41 Å². The molecule has 0 radical (unpaired) electrons. The van der Waals surface area contributed by atoms with E-state index in [1.165, 1.54) is 0 Å². The monoisotopic (exact) mass is 281 g/mol. The van der Waals surface area contributed by atoms with Crippen LogP contribution in [0.3, 0.4) is 0 Å². The topological polar surface area (TPSA) is 46.2 Å². The minimum Gasteiger partial charge on any atom is -0.211 e. The molecule has 106 valence electrons. The summed E-state index contributed by atoms with van der Waals surface area (Å²) in [5.41, 5.74) is 1.15. The zero-order chi connectivity index (χ0) is 14.5. The van der Waals surface area contributed by atoms with Crippen molar-refractivity contribution in [3.8, 4) is 0 Å². The van der Waals surface area contributed by atoms with Gasteiger partial charge >= 0.3 is 0 Å². The third kappa shape index (κ3) is 4.80. The van der Waals surface area contributed by atoms with Gasteiger partial charge in [0.25, 0.3) is 0 Å². The molecule has 1 aromatic rings. The van der Waals surface area contributed by atoms with E-state index < -0.39 is 10.0 Å². The van der Waals surface area contributed by atoms with Crippen LogP contribution in [-0.2, 0) is 15.4 Å². The summed E-state index contributed by atoms with van der Waals surface area (Å²) in [4.78, 5) is 0.320. The van der Waals surface area contributed by atoms with Gasteiger partial charge in [0.15, 0.2) is 0 Å². The first-order chi connectivity index (χ1) is 8.77. The number of nitrogens with one attached hydrogen (secondary N) is 1. The van der Waals surface area contributed by atoms with Gasteiger partial charge in [-0.2, -0.15) is 0 Å². The highest BCUT2D eigenvalue weighted by molar-refractivity contribution is 7.89. The van der Waals surface area contributed by atoms with Crippen LogP contribution in [0.25, 0.3) is 0 Å². The summed E-state index contributed by atoms with van der Waals surface area (Å²) < 4.78 is 26.6. The molecular formula is C15H23NO2S. The minimum atomic E-state index is -3.39. The van der Waals surface area contributed by atoms with Crippen molar-refractivity contribution in [3.63, 3.8) is 0 Å². The van der Waals surface area contributed by atoms with E-state index in [2.05, 4.69) is 25.5 Å². The predicted molar refractivity (Wildman–Crippen MR) is 79.8 cm³/mol. The Bertz CT molecular complexity index is 522. The second-order valence-corrected chi connectivity index (χ2v) is 7.30. The second kappa shape index (κ2) is 6.35. The smallest absolute Gasteiger partial charge is 0.211 e. The third-order valence-corrected chi connectivity index (χ3v) is 4.35. The molecule has 0 heterocycles. The van der Waals surface area contributed by atoms with Crippen LogP contribution < -0.4 is 4.72 Å². The molecule has 0 bridgehead atoms. The van der Waals surface area contributed by atoms with Gasteiger partial charge in [-0.15, -0.1) is 0 Å². The van der Waals surface area contributed by atoms with Crippen LogP contribution in [0.1, 0.15) is 39.7 Å². The van der Waals surface area contributed by atoms with Crippen molar-refractivity contribution < 1.29 is 8.42 Å². The highest BCUT2D eigenvalue weighted by Gasteiger charge is 2.16. The summed E-state index contributed by atoms with van der Waals surface area (Å²) in [6.07, 6.45) is 4.55. The summed E-state index contributed by atoms with van der Waals surface area (Å²) >= 11 is 0. The fourth-order valence-corrected chi connectivity index (χ4v) is 2.71. The van der Waals surface area contributed by atoms with Gasteiger partial charge < -0.3 is 0 Å². The molecule has 0 saturated heterocycles. The molecule has 3 nitrogen and oxygen atoms in total. The molecule has 0 spiro atoms. The van der Waals surface area contributed by atoms with E-state index in [4.69, 9.17) is 0 Å². The average Bonchev–Trinajstić information content (AvgIpc) is 2.34. The van der Waals surface area contributed by atoms with E-state index in [1.54, 1.807) is 12.1 Å². The van der Waals surface area contributed by atoms with E-state index in [9.17, 15) is 8.42 Å². The summed E-state index contributed by atoms with van der Waals surface area (Å²) in [5.74, 6) is 0. The average molecular weight is 281 g/mol. The molecule has 0 aromatic heterocycles. The molecule has 1 rings (SSSR count). The van der Waals surface area contributed by atoms with Crippen LogP contribution in [0, 0.1) is 0 Å². The number of rotatable bonds is 5. The third-order valence-electron chi connectivity index (χ3n) is 2.87. The predicted octanol–water partition coefficient (Wildman–Crippen LogP) is 3.23. The molecule has 0 aliphatic heterocycles. The molecule has 4 heteroatoms. The number of allylic oxidation sites excluding steroid dienone is 1. The van der Waals surface area contributed by atoms with Crippen molar-refractivity contribution in [2.75, 3.05) is 6.54 Å². The fraction of sp³-hybridized carbons (Fsp3) is 0.467. The lowest BCUT2D eigenvalue weighted by Crippen LogP contribution is -2.24. The van der Waals surface area contributed by atoms with Gasteiger partial charge in [-0.1, -0.05) is 45.1 Å². The fourth-order valence-electron chi connectivity index (χ4n) is 1.66. The second-order valence-electron chi connectivity index (χ2n) is 5.53. The molecule has 0 amide bonds. The molecule has 0 aliphatic carbocycles. The van der Waals surface area contributed by atoms with Crippen molar-refractivity contribution in [2.24, 2.45) is 0 Å². The van der Waals surface area contributed by atoms with E-state index >= 15 is 0 Å². The van der Waals surface area contributed by atoms with Crippen molar-refractivity contribution in [1.29, 1.82) is 0 Å². The zero-order valence-corrected chi connectivity index (χ0v) is 12.9. The Morgan fingerprint density at radius 1 is 1.16 bits per heavy atom. The Balaban J connectivity index is 2.79. The van der Waals surface area contributed by atoms with Crippen LogP contribution in [0.15, 0.2) is 41.3 Å². The molecule has 0 unspecified atom stereocenters. The van der Waals surface area contributed by atoms with E-state index in [1.807, 2.05) is 31.2 Å². The number of benzene rings is 1. The van der Waals surface area contributed by atoms with Gasteiger partial charge in [0.1, 0.15) is 0 Å². The van der Waals surface area contributed by atoms with Crippen molar-refractivity contribution in [2.45, 2.75) is 44.4 Å². The minimum absolute atomic E-state index is 0.0294. The van der Waals surface area contributed by atoms with Crippen LogP contribution in [-0.4, -0.2) is 15.0 Å². The van der Waals surface area contributed by atoms with Gasteiger partial charge in [0, 0.05) is 6.54 Å². The van der Waals surface area contributed by atoms with Gasteiger partial charge in [-0.05, 0) is 36.5 Å². The Hall–Kier alpha value is -1.13. The van der Waals surface area contributed by atoms with Crippen molar-refractivity contribution in [3.05, 3.63) is 42.0 Å². The van der Waals surface area contributed by atoms with Gasteiger partial charge in [-0.25, -0.2) is 13.1 Å². The summed E-state index contributed by atoms with van der Waals surface area (Å²) in [7, 11) is -3.39. The summed E-state index contributed by atoms with van der Waals surface area (Å²) in [6.45, 7) is 8.65. The first kappa shape index (κ1) is 15.9. The first-order valence-electron chi connectivity index (χ1n) is 6.49. The normalized spacial score (nSPS) is 13.1. The molecule has 1 aromatic carbocycles. The van der Waals surface area contributed by atoms with Gasteiger partial charge in [0.2, 0.25) is 10.0 Å². The molecule has 19 heavy (non-hydrogen) atoms. The zero-order valence-electron chi connectivity index (χ0n) is 12.1. The number of hydrogen-bond acceptors (Lipinski definition) is 2. The highest BCUT2D eigenvalue weighted by atomic mass is 32.2. The Kier molecular flexibility index (Phi) is 5.32. The first-order valence-corrected chi connectivity index (χ1v) is 7.97. The molecule has 0 fully saturated rings. The summed E-state index contributed by atoms with van der Waals surface area (Å²) in [5, 5.41) is 0. The van der Waals surface area contributed by atoms with Crippen molar-refractivity contribution in [1.82, 2.24) is 4.72 Å². The number of hydrogen-bond donors (Lipinski definition) is 1. The largest absolute Gasteiger partial charge is 0.240 e. The maximum absolute atomic E-state index is 12.0. The van der Waals surface area contributed by atoms with Crippen LogP contribution >= 0.6 is 0 Å². The van der Waals surface area contributed by atoms with Gasteiger partial charge in [-0.3, -0.25) is 0 Å². The standard InChI is InChI=1S/C15H23NO2S/c1-5-6-7-12-16-19(17,18)14-10-8-13(9-11-14)15(2,3)4/h5-6,8-11,16H,7,12H2,1-4H3/b6-5+. The molecule has 1 N–H and O–H groups in total. The highest BCUT2D eigenvalue weighted by Crippen LogP contribution is 2.23. The Morgan fingerprint density at radius 3 is 2.21 bits per heavy atom. The van der Waals surface area contributed by atoms with Crippen molar-refractivity contribution >= 4 is 10.0 Å². The Labute approximate surface area is 116 Å². The molecular weight excluding hydrogens is 258 g/mol. The maximum Gasteiger partial charge on any atom is 0.240 e. The summed E-state index contributed by atoms with van der Waals surface area (Å²) in [6, 6.07) is 7.08. The van der Waals surface area contributed by atoms with Gasteiger partial charge in [0.05, 0.1) is 4.90 Å². The van der Waals surface area contributed by atoms with Crippen LogP contribution in [0.2, 0.25) is 0 Å². The van der Waals surface area contributed by atoms with Crippen LogP contribution in [0.4, 0.5) is 0 Å². The maximum atomic E-state index is 12.0. The molecule has 0 saturated carbocycles. The van der Waals surface area contributed by atoms with E-state index in [0.29, 0.717) is 17.9 Å². The Morgan fingerprint density at radius 2 is 1.74 bits per heavy atom. The van der Waals surface area contributed by atoms with E-state index in [0.717, 1.165) is 5.56 Å². The quantitative estimate of drug-likeness (QED) is 0.665. The SMILES string of the molecule is C/C=C/CCNS(=O)(=O)c1ccc(C(C)(C)C)cc1. The lowest BCUT2D eigenvalue weighted by atomic mass is 9.87. The lowest BCUT2D eigenvalue weighted by Gasteiger charge is -2.19. The molecule has 0 aliphatic rings. The van der Waals surface area contributed by atoms with Crippen LogP contribution in [0.5, 0.6) is 0 Å². The molecule has 0 atom stereocenters. The number of sulfonamides is 1.